The zero-order valence-corrected chi connectivity index (χ0v) is 17.0. The molecule has 0 aliphatic rings. The third-order valence-corrected chi connectivity index (χ3v) is 6.31. The van der Waals surface area contributed by atoms with E-state index in [1.54, 1.807) is 41.6 Å². The molecule has 0 N–H and O–H groups in total. The molecule has 0 saturated carbocycles. The Labute approximate surface area is 166 Å². The standard InChI is InChI=1S/C18H19FN4O3S2/c1-22(8-13-4-3-5-15(19)6-13)17(24)12-28(25,26)11-16-10-27-18(21-16)14-7-20-23(2)9-14/h3-7,9-10H,8,11-12H2,1-2H3. The lowest BCUT2D eigenvalue weighted by Gasteiger charge is -2.17. The molecule has 0 radical (unpaired) electrons. The molecule has 2 aromatic heterocycles. The Kier molecular flexibility index (Phi) is 5.90. The van der Waals surface area contributed by atoms with Gasteiger partial charge in [0.2, 0.25) is 5.91 Å². The Bertz CT molecular complexity index is 1090. The van der Waals surface area contributed by atoms with Gasteiger partial charge in [-0.05, 0) is 17.7 Å². The molecular weight excluding hydrogens is 403 g/mol. The average molecular weight is 423 g/mol. The summed E-state index contributed by atoms with van der Waals surface area (Å²) >= 11 is 1.33. The summed E-state index contributed by atoms with van der Waals surface area (Å²) in [5, 5.41) is 6.41. The minimum Gasteiger partial charge on any atom is -0.341 e. The molecule has 0 saturated heterocycles. The first kappa shape index (κ1) is 20.2. The Morgan fingerprint density at radius 1 is 1.36 bits per heavy atom. The molecular formula is C18H19FN4O3S2. The number of hydrogen-bond donors (Lipinski definition) is 0. The lowest BCUT2D eigenvalue weighted by Crippen LogP contribution is -2.32. The Morgan fingerprint density at radius 3 is 2.82 bits per heavy atom. The van der Waals surface area contributed by atoms with Crippen LogP contribution in [0.25, 0.3) is 10.6 Å². The highest BCUT2D eigenvalue weighted by molar-refractivity contribution is 7.91. The van der Waals surface area contributed by atoms with Crippen LogP contribution in [0.4, 0.5) is 4.39 Å². The molecule has 2 heterocycles. The van der Waals surface area contributed by atoms with E-state index >= 15 is 0 Å². The van der Waals surface area contributed by atoms with Crippen LogP contribution in [0.5, 0.6) is 0 Å². The van der Waals surface area contributed by atoms with Gasteiger partial charge in [-0.25, -0.2) is 17.8 Å². The number of carbonyl (C=O) groups is 1. The molecule has 0 unspecified atom stereocenters. The quantitative estimate of drug-likeness (QED) is 0.583. The van der Waals surface area contributed by atoms with E-state index in [2.05, 4.69) is 10.1 Å². The summed E-state index contributed by atoms with van der Waals surface area (Å²) in [5.41, 5.74) is 1.79. The maximum atomic E-state index is 13.2. The van der Waals surface area contributed by atoms with Crippen molar-refractivity contribution >= 4 is 27.1 Å². The van der Waals surface area contributed by atoms with Gasteiger partial charge in [0, 0.05) is 37.8 Å². The van der Waals surface area contributed by atoms with Crippen LogP contribution in [0.15, 0.2) is 42.0 Å². The fourth-order valence-corrected chi connectivity index (χ4v) is 4.81. The number of amides is 1. The largest absolute Gasteiger partial charge is 0.341 e. The maximum absolute atomic E-state index is 13.2. The molecule has 1 aromatic carbocycles. The number of halogens is 1. The van der Waals surface area contributed by atoms with Gasteiger partial charge < -0.3 is 4.90 Å². The van der Waals surface area contributed by atoms with E-state index in [9.17, 15) is 17.6 Å². The first-order valence-corrected chi connectivity index (χ1v) is 11.0. The number of aryl methyl sites for hydroxylation is 1. The Morgan fingerprint density at radius 2 is 2.14 bits per heavy atom. The van der Waals surface area contributed by atoms with Crippen molar-refractivity contribution in [2.24, 2.45) is 7.05 Å². The van der Waals surface area contributed by atoms with Crippen LogP contribution < -0.4 is 0 Å². The zero-order chi connectivity index (χ0) is 20.3. The minimum absolute atomic E-state index is 0.133. The first-order chi connectivity index (χ1) is 13.2. The highest BCUT2D eigenvalue weighted by Crippen LogP contribution is 2.24. The van der Waals surface area contributed by atoms with E-state index in [1.807, 2.05) is 0 Å². The molecule has 0 bridgehead atoms. The number of hydrogen-bond acceptors (Lipinski definition) is 6. The first-order valence-electron chi connectivity index (χ1n) is 8.34. The molecule has 7 nitrogen and oxygen atoms in total. The average Bonchev–Trinajstić information content (AvgIpc) is 3.22. The number of rotatable bonds is 7. The summed E-state index contributed by atoms with van der Waals surface area (Å²) in [4.78, 5) is 17.9. The van der Waals surface area contributed by atoms with Crippen LogP contribution >= 0.6 is 11.3 Å². The summed E-state index contributed by atoms with van der Waals surface area (Å²) in [7, 11) is -0.407. The fourth-order valence-electron chi connectivity index (χ4n) is 2.61. The second-order valence-electron chi connectivity index (χ2n) is 6.46. The second kappa shape index (κ2) is 8.19. The van der Waals surface area contributed by atoms with Gasteiger partial charge in [-0.3, -0.25) is 9.48 Å². The van der Waals surface area contributed by atoms with Gasteiger partial charge in [0.05, 0.1) is 17.6 Å². The molecule has 0 spiro atoms. The number of carbonyl (C=O) groups excluding carboxylic acids is 1. The van der Waals surface area contributed by atoms with Gasteiger partial charge >= 0.3 is 0 Å². The van der Waals surface area contributed by atoms with E-state index in [0.29, 0.717) is 16.3 Å². The van der Waals surface area contributed by atoms with Crippen molar-refractivity contribution in [1.29, 1.82) is 0 Å². The zero-order valence-electron chi connectivity index (χ0n) is 15.4. The molecule has 0 aliphatic heterocycles. The van der Waals surface area contributed by atoms with Crippen molar-refractivity contribution in [3.05, 3.63) is 59.1 Å². The van der Waals surface area contributed by atoms with Crippen molar-refractivity contribution in [3.8, 4) is 10.6 Å². The third-order valence-electron chi connectivity index (χ3n) is 3.95. The molecule has 0 aliphatic carbocycles. The van der Waals surface area contributed by atoms with Gasteiger partial charge in [0.25, 0.3) is 0 Å². The van der Waals surface area contributed by atoms with Crippen molar-refractivity contribution in [2.45, 2.75) is 12.3 Å². The van der Waals surface area contributed by atoms with Gasteiger partial charge in [0.15, 0.2) is 9.84 Å². The van der Waals surface area contributed by atoms with Gasteiger partial charge in [-0.1, -0.05) is 12.1 Å². The molecule has 148 valence electrons. The molecule has 10 heteroatoms. The number of benzene rings is 1. The molecule has 3 aromatic rings. The number of nitrogens with zero attached hydrogens (tertiary/aromatic N) is 4. The van der Waals surface area contributed by atoms with Gasteiger partial charge in [-0.2, -0.15) is 5.10 Å². The predicted octanol–water partition coefficient (Wildman–Crippen LogP) is 2.26. The molecule has 28 heavy (non-hydrogen) atoms. The van der Waals surface area contributed by atoms with E-state index < -0.39 is 27.3 Å². The van der Waals surface area contributed by atoms with E-state index in [1.165, 1.54) is 35.4 Å². The summed E-state index contributed by atoms with van der Waals surface area (Å²) in [6, 6.07) is 5.84. The van der Waals surface area contributed by atoms with E-state index in [0.717, 1.165) is 5.56 Å². The Balaban J connectivity index is 1.61. The highest BCUT2D eigenvalue weighted by Gasteiger charge is 2.22. The molecule has 3 rings (SSSR count). The minimum atomic E-state index is -3.68. The van der Waals surface area contributed by atoms with Crippen molar-refractivity contribution in [2.75, 3.05) is 12.8 Å². The molecule has 0 atom stereocenters. The smallest absolute Gasteiger partial charge is 0.237 e. The Hall–Kier alpha value is -2.59. The summed E-state index contributed by atoms with van der Waals surface area (Å²) < 4.78 is 39.7. The lowest BCUT2D eigenvalue weighted by atomic mass is 10.2. The topological polar surface area (TPSA) is 85.2 Å². The lowest BCUT2D eigenvalue weighted by molar-refractivity contribution is -0.127. The third kappa shape index (κ3) is 5.23. The van der Waals surface area contributed by atoms with Crippen molar-refractivity contribution in [1.82, 2.24) is 19.7 Å². The second-order valence-corrected chi connectivity index (χ2v) is 9.38. The number of thiazole rings is 1. The van der Waals surface area contributed by atoms with Crippen LogP contribution in [-0.4, -0.2) is 46.8 Å². The fraction of sp³-hybridized carbons (Fsp3) is 0.278. The van der Waals surface area contributed by atoms with Crippen LogP contribution in [0, 0.1) is 5.82 Å². The summed E-state index contributed by atoms with van der Waals surface area (Å²) in [6.07, 6.45) is 3.45. The number of aromatic nitrogens is 3. The van der Waals surface area contributed by atoms with Crippen LogP contribution in [0.1, 0.15) is 11.3 Å². The van der Waals surface area contributed by atoms with Crippen molar-refractivity contribution in [3.63, 3.8) is 0 Å². The van der Waals surface area contributed by atoms with Gasteiger partial charge in [-0.15, -0.1) is 11.3 Å². The maximum Gasteiger partial charge on any atom is 0.237 e. The van der Waals surface area contributed by atoms with Crippen LogP contribution in [0.3, 0.4) is 0 Å². The summed E-state index contributed by atoms with van der Waals surface area (Å²) in [5.74, 6) is -1.90. The highest BCUT2D eigenvalue weighted by atomic mass is 32.2. The van der Waals surface area contributed by atoms with E-state index in [4.69, 9.17) is 0 Å². The summed E-state index contributed by atoms with van der Waals surface area (Å²) in [6.45, 7) is 0.133. The van der Waals surface area contributed by atoms with Crippen LogP contribution in [0.2, 0.25) is 0 Å². The normalized spacial score (nSPS) is 11.5. The predicted molar refractivity (Wildman–Crippen MR) is 105 cm³/mol. The van der Waals surface area contributed by atoms with E-state index in [-0.39, 0.29) is 12.3 Å². The molecule has 1 amide bonds. The number of sulfone groups is 1. The SMILES string of the molecule is CN(Cc1cccc(F)c1)C(=O)CS(=O)(=O)Cc1csc(-c2cnn(C)c2)n1. The molecule has 0 fully saturated rings. The van der Waals surface area contributed by atoms with Crippen molar-refractivity contribution < 1.29 is 17.6 Å². The monoisotopic (exact) mass is 422 g/mol. The van der Waals surface area contributed by atoms with Crippen LogP contribution in [-0.2, 0) is 34.0 Å². The van der Waals surface area contributed by atoms with Gasteiger partial charge in [0.1, 0.15) is 16.6 Å².